The molecular weight excluding hydrogens is 234 g/mol. The molecule has 1 N–H and O–H groups in total. The first-order chi connectivity index (χ1) is 9.18. The van der Waals surface area contributed by atoms with Gasteiger partial charge >= 0.3 is 0 Å². The third-order valence-corrected chi connectivity index (χ3v) is 3.49. The zero-order valence-electron chi connectivity index (χ0n) is 12.0. The van der Waals surface area contributed by atoms with E-state index in [9.17, 15) is 0 Å². The summed E-state index contributed by atoms with van der Waals surface area (Å²) in [7, 11) is 1.99. The average molecular weight is 257 g/mol. The average Bonchev–Trinajstić information content (AvgIpc) is 2.81. The van der Waals surface area contributed by atoms with Gasteiger partial charge in [-0.25, -0.2) is 0 Å². The highest BCUT2D eigenvalue weighted by Gasteiger charge is 2.14. The Labute approximate surface area is 115 Å². The topological polar surface area (TPSA) is 29.9 Å². The van der Waals surface area contributed by atoms with E-state index in [1.807, 2.05) is 17.9 Å². The molecule has 2 aromatic rings. The summed E-state index contributed by atoms with van der Waals surface area (Å²) in [6.45, 7) is 5.49. The van der Waals surface area contributed by atoms with Crippen LogP contribution in [0, 0.1) is 5.92 Å². The van der Waals surface area contributed by atoms with Crippen LogP contribution in [0.5, 0.6) is 0 Å². The third-order valence-electron chi connectivity index (χ3n) is 3.49. The van der Waals surface area contributed by atoms with Crippen molar-refractivity contribution in [2.24, 2.45) is 13.0 Å². The Bertz CT molecular complexity index is 488. The number of benzene rings is 1. The molecule has 1 heterocycles. The van der Waals surface area contributed by atoms with Gasteiger partial charge in [0.05, 0.1) is 0 Å². The minimum Gasteiger partial charge on any atom is -0.309 e. The lowest BCUT2D eigenvalue weighted by atomic mass is 9.96. The van der Waals surface area contributed by atoms with Gasteiger partial charge in [0.15, 0.2) is 0 Å². The summed E-state index contributed by atoms with van der Waals surface area (Å²) >= 11 is 0. The molecule has 0 amide bonds. The second kappa shape index (κ2) is 6.53. The van der Waals surface area contributed by atoms with Gasteiger partial charge in [0, 0.05) is 37.9 Å². The second-order valence-corrected chi connectivity index (χ2v) is 5.28. The maximum atomic E-state index is 4.20. The highest BCUT2D eigenvalue weighted by atomic mass is 15.3. The molecule has 2 rings (SSSR count). The van der Waals surface area contributed by atoms with Crippen LogP contribution in [0.4, 0.5) is 0 Å². The highest BCUT2D eigenvalue weighted by Crippen LogP contribution is 2.21. The SMILES string of the molecule is CC(C)C(NCCc1ccnn1C)c1ccccc1. The van der Waals surface area contributed by atoms with Gasteiger partial charge in [0.1, 0.15) is 0 Å². The number of hydrogen-bond donors (Lipinski definition) is 1. The zero-order chi connectivity index (χ0) is 13.7. The van der Waals surface area contributed by atoms with Crippen LogP contribution in [0.3, 0.4) is 0 Å². The third kappa shape index (κ3) is 3.67. The Morgan fingerprint density at radius 3 is 2.47 bits per heavy atom. The molecule has 1 aromatic heterocycles. The van der Waals surface area contributed by atoms with Gasteiger partial charge in [-0.1, -0.05) is 44.2 Å². The van der Waals surface area contributed by atoms with Gasteiger partial charge in [0.25, 0.3) is 0 Å². The van der Waals surface area contributed by atoms with Crippen molar-refractivity contribution in [3.05, 3.63) is 53.9 Å². The molecular formula is C16H23N3. The van der Waals surface area contributed by atoms with Crippen molar-refractivity contribution in [1.29, 1.82) is 0 Å². The van der Waals surface area contributed by atoms with Crippen molar-refractivity contribution in [1.82, 2.24) is 15.1 Å². The Kier molecular flexibility index (Phi) is 4.74. The van der Waals surface area contributed by atoms with Gasteiger partial charge in [-0.15, -0.1) is 0 Å². The predicted molar refractivity (Wildman–Crippen MR) is 78.9 cm³/mol. The minimum absolute atomic E-state index is 0.412. The molecule has 0 aliphatic rings. The fourth-order valence-corrected chi connectivity index (χ4v) is 2.40. The Morgan fingerprint density at radius 1 is 1.16 bits per heavy atom. The molecule has 0 spiro atoms. The quantitative estimate of drug-likeness (QED) is 0.862. The van der Waals surface area contributed by atoms with Gasteiger partial charge in [-0.3, -0.25) is 4.68 Å². The van der Waals surface area contributed by atoms with Crippen molar-refractivity contribution in [3.63, 3.8) is 0 Å². The second-order valence-electron chi connectivity index (χ2n) is 5.28. The lowest BCUT2D eigenvalue weighted by Crippen LogP contribution is -2.28. The first-order valence-corrected chi connectivity index (χ1v) is 6.93. The van der Waals surface area contributed by atoms with Gasteiger partial charge < -0.3 is 5.32 Å². The molecule has 102 valence electrons. The molecule has 1 aromatic carbocycles. The Hall–Kier alpha value is -1.61. The smallest absolute Gasteiger partial charge is 0.0492 e. The maximum absolute atomic E-state index is 4.20. The molecule has 3 nitrogen and oxygen atoms in total. The molecule has 0 aliphatic heterocycles. The lowest BCUT2D eigenvalue weighted by Gasteiger charge is -2.23. The Morgan fingerprint density at radius 2 is 1.89 bits per heavy atom. The van der Waals surface area contributed by atoms with Crippen LogP contribution >= 0.6 is 0 Å². The van der Waals surface area contributed by atoms with Crippen LogP contribution in [-0.4, -0.2) is 16.3 Å². The number of rotatable bonds is 6. The van der Waals surface area contributed by atoms with E-state index >= 15 is 0 Å². The molecule has 0 bridgehead atoms. The van der Waals surface area contributed by atoms with Gasteiger partial charge in [0.2, 0.25) is 0 Å². The van der Waals surface area contributed by atoms with Crippen molar-refractivity contribution in [2.45, 2.75) is 26.3 Å². The predicted octanol–water partition coefficient (Wildman–Crippen LogP) is 2.95. The summed E-state index contributed by atoms with van der Waals surface area (Å²) in [6, 6.07) is 13.2. The summed E-state index contributed by atoms with van der Waals surface area (Å²) in [5, 5.41) is 7.86. The molecule has 19 heavy (non-hydrogen) atoms. The van der Waals surface area contributed by atoms with Crippen LogP contribution in [0.25, 0.3) is 0 Å². The molecule has 0 radical (unpaired) electrons. The molecule has 0 fully saturated rings. The molecule has 0 aliphatic carbocycles. The van der Waals surface area contributed by atoms with E-state index in [1.165, 1.54) is 11.3 Å². The van der Waals surface area contributed by atoms with E-state index < -0.39 is 0 Å². The van der Waals surface area contributed by atoms with E-state index in [0.29, 0.717) is 12.0 Å². The molecule has 0 saturated heterocycles. The van der Waals surface area contributed by atoms with E-state index in [0.717, 1.165) is 13.0 Å². The standard InChI is InChI=1S/C16H23N3/c1-13(2)16(14-7-5-4-6-8-14)17-11-9-15-10-12-18-19(15)3/h4-8,10,12-13,16-17H,9,11H2,1-3H3. The summed E-state index contributed by atoms with van der Waals surface area (Å²) in [5.74, 6) is 0.578. The first-order valence-electron chi connectivity index (χ1n) is 6.93. The summed E-state index contributed by atoms with van der Waals surface area (Å²) in [4.78, 5) is 0. The van der Waals surface area contributed by atoms with Crippen LogP contribution < -0.4 is 5.32 Å². The maximum Gasteiger partial charge on any atom is 0.0492 e. The highest BCUT2D eigenvalue weighted by molar-refractivity contribution is 5.19. The molecule has 1 unspecified atom stereocenters. The van der Waals surface area contributed by atoms with Crippen LogP contribution in [-0.2, 0) is 13.5 Å². The van der Waals surface area contributed by atoms with Crippen molar-refractivity contribution in [2.75, 3.05) is 6.54 Å². The number of aryl methyl sites for hydroxylation is 1. The number of hydrogen-bond acceptors (Lipinski definition) is 2. The monoisotopic (exact) mass is 257 g/mol. The first kappa shape index (κ1) is 13.8. The van der Waals surface area contributed by atoms with E-state index in [1.54, 1.807) is 0 Å². The fraction of sp³-hybridized carbons (Fsp3) is 0.438. The number of nitrogens with one attached hydrogen (secondary N) is 1. The van der Waals surface area contributed by atoms with E-state index in [2.05, 4.69) is 60.7 Å². The van der Waals surface area contributed by atoms with Crippen LogP contribution in [0.2, 0.25) is 0 Å². The molecule has 1 atom stereocenters. The van der Waals surface area contributed by atoms with Gasteiger partial charge in [-0.2, -0.15) is 5.10 Å². The normalized spacial score (nSPS) is 12.8. The van der Waals surface area contributed by atoms with Gasteiger partial charge in [-0.05, 0) is 17.5 Å². The lowest BCUT2D eigenvalue weighted by molar-refractivity contribution is 0.412. The zero-order valence-corrected chi connectivity index (χ0v) is 12.0. The molecule has 3 heteroatoms. The summed E-state index contributed by atoms with van der Waals surface area (Å²) in [5.41, 5.74) is 2.63. The number of aromatic nitrogens is 2. The number of nitrogens with zero attached hydrogens (tertiary/aromatic N) is 2. The van der Waals surface area contributed by atoms with Crippen LogP contribution in [0.15, 0.2) is 42.6 Å². The molecule has 0 saturated carbocycles. The fourth-order valence-electron chi connectivity index (χ4n) is 2.40. The summed E-state index contributed by atoms with van der Waals surface area (Å²) < 4.78 is 1.94. The van der Waals surface area contributed by atoms with Crippen molar-refractivity contribution in [3.8, 4) is 0 Å². The minimum atomic E-state index is 0.412. The van der Waals surface area contributed by atoms with E-state index in [-0.39, 0.29) is 0 Å². The van der Waals surface area contributed by atoms with E-state index in [4.69, 9.17) is 0 Å². The Balaban J connectivity index is 1.93. The van der Waals surface area contributed by atoms with Crippen molar-refractivity contribution < 1.29 is 0 Å². The summed E-state index contributed by atoms with van der Waals surface area (Å²) in [6.07, 6.45) is 2.86. The largest absolute Gasteiger partial charge is 0.309 e. The van der Waals surface area contributed by atoms with Crippen LogP contribution in [0.1, 0.15) is 31.1 Å². The van der Waals surface area contributed by atoms with Crippen molar-refractivity contribution >= 4 is 0 Å².